The first-order chi connectivity index (χ1) is 7.20. The van der Waals surface area contributed by atoms with Gasteiger partial charge in [0.15, 0.2) is 0 Å². The second kappa shape index (κ2) is 6.49. The molecular formula is C13H27NO. The molecule has 0 amide bonds. The van der Waals surface area contributed by atoms with Gasteiger partial charge < -0.3 is 10.1 Å². The lowest BCUT2D eigenvalue weighted by Gasteiger charge is -2.28. The van der Waals surface area contributed by atoms with Crippen LogP contribution >= 0.6 is 0 Å². The fraction of sp³-hybridized carbons (Fsp3) is 1.00. The Bertz CT molecular complexity index is 168. The third-order valence-corrected chi connectivity index (χ3v) is 3.63. The quantitative estimate of drug-likeness (QED) is 0.595. The zero-order chi connectivity index (χ0) is 11.1. The predicted molar refractivity (Wildman–Crippen MR) is 65.1 cm³/mol. The van der Waals surface area contributed by atoms with Crippen molar-refractivity contribution in [2.24, 2.45) is 5.41 Å². The molecular weight excluding hydrogens is 186 g/mol. The van der Waals surface area contributed by atoms with Crippen molar-refractivity contribution >= 4 is 0 Å². The van der Waals surface area contributed by atoms with Gasteiger partial charge in [-0.2, -0.15) is 0 Å². The molecule has 0 spiro atoms. The van der Waals surface area contributed by atoms with Crippen molar-refractivity contribution in [1.82, 2.24) is 5.32 Å². The molecule has 1 saturated carbocycles. The molecule has 0 bridgehead atoms. The second-order valence-corrected chi connectivity index (χ2v) is 5.27. The summed E-state index contributed by atoms with van der Waals surface area (Å²) >= 11 is 0. The van der Waals surface area contributed by atoms with Gasteiger partial charge in [-0.1, -0.05) is 20.3 Å². The van der Waals surface area contributed by atoms with Crippen LogP contribution in [0.5, 0.6) is 0 Å². The molecule has 0 aromatic rings. The van der Waals surface area contributed by atoms with E-state index >= 15 is 0 Å². The standard InChI is InChI=1S/C13H27NO/c1-4-13(2,9-5-6-10-15-3)11-14-12-7-8-12/h12,14H,4-11H2,1-3H3. The Morgan fingerprint density at radius 3 is 2.60 bits per heavy atom. The maximum atomic E-state index is 5.08. The SMILES string of the molecule is CCC(C)(CCCCOC)CNC1CC1. The molecule has 1 aliphatic carbocycles. The third kappa shape index (κ3) is 5.53. The number of unbranched alkanes of at least 4 members (excludes halogenated alkanes) is 1. The van der Waals surface area contributed by atoms with Crippen molar-refractivity contribution in [1.29, 1.82) is 0 Å². The van der Waals surface area contributed by atoms with Crippen molar-refractivity contribution in [2.75, 3.05) is 20.3 Å². The van der Waals surface area contributed by atoms with Crippen LogP contribution in [0.1, 0.15) is 52.4 Å². The number of methoxy groups -OCH3 is 1. The molecule has 1 rings (SSSR count). The maximum absolute atomic E-state index is 5.08. The van der Waals surface area contributed by atoms with E-state index in [4.69, 9.17) is 4.74 Å². The Balaban J connectivity index is 2.11. The molecule has 1 atom stereocenters. The van der Waals surface area contributed by atoms with Gasteiger partial charge >= 0.3 is 0 Å². The van der Waals surface area contributed by atoms with Gasteiger partial charge in [0.1, 0.15) is 0 Å². The minimum Gasteiger partial charge on any atom is -0.385 e. The number of hydrogen-bond donors (Lipinski definition) is 1. The van der Waals surface area contributed by atoms with Crippen LogP contribution in [0.3, 0.4) is 0 Å². The van der Waals surface area contributed by atoms with E-state index in [2.05, 4.69) is 19.2 Å². The highest BCUT2D eigenvalue weighted by atomic mass is 16.5. The van der Waals surface area contributed by atoms with E-state index in [0.717, 1.165) is 12.6 Å². The van der Waals surface area contributed by atoms with Gasteiger partial charge in [0.25, 0.3) is 0 Å². The summed E-state index contributed by atoms with van der Waals surface area (Å²) in [5.74, 6) is 0. The fourth-order valence-corrected chi connectivity index (χ4v) is 1.87. The molecule has 15 heavy (non-hydrogen) atoms. The zero-order valence-corrected chi connectivity index (χ0v) is 10.6. The molecule has 0 aromatic carbocycles. The first kappa shape index (κ1) is 13.0. The van der Waals surface area contributed by atoms with Gasteiger partial charge in [-0.15, -0.1) is 0 Å². The lowest BCUT2D eigenvalue weighted by atomic mass is 9.82. The van der Waals surface area contributed by atoms with Crippen LogP contribution in [0.15, 0.2) is 0 Å². The average molecular weight is 213 g/mol. The molecule has 90 valence electrons. The molecule has 0 heterocycles. The Hall–Kier alpha value is -0.0800. The highest BCUT2D eigenvalue weighted by Crippen LogP contribution is 2.29. The smallest absolute Gasteiger partial charge is 0.0462 e. The van der Waals surface area contributed by atoms with Crippen LogP contribution in [0, 0.1) is 5.41 Å². The topological polar surface area (TPSA) is 21.3 Å². The summed E-state index contributed by atoms with van der Waals surface area (Å²) in [5.41, 5.74) is 0.496. The summed E-state index contributed by atoms with van der Waals surface area (Å²) in [6.45, 7) is 6.83. The summed E-state index contributed by atoms with van der Waals surface area (Å²) in [5, 5.41) is 3.66. The third-order valence-electron chi connectivity index (χ3n) is 3.63. The molecule has 1 aliphatic rings. The van der Waals surface area contributed by atoms with E-state index < -0.39 is 0 Å². The number of hydrogen-bond acceptors (Lipinski definition) is 2. The van der Waals surface area contributed by atoms with Crippen LogP contribution in [-0.2, 0) is 4.74 Å². The average Bonchev–Trinajstić information content (AvgIpc) is 3.06. The highest BCUT2D eigenvalue weighted by molar-refractivity contribution is 4.85. The van der Waals surface area contributed by atoms with E-state index in [-0.39, 0.29) is 0 Å². The molecule has 1 unspecified atom stereocenters. The highest BCUT2D eigenvalue weighted by Gasteiger charge is 2.26. The van der Waals surface area contributed by atoms with E-state index in [1.807, 2.05) is 0 Å². The first-order valence-electron chi connectivity index (χ1n) is 6.42. The van der Waals surface area contributed by atoms with E-state index in [1.54, 1.807) is 7.11 Å². The Morgan fingerprint density at radius 1 is 1.33 bits per heavy atom. The molecule has 1 N–H and O–H groups in total. The number of rotatable bonds is 9. The first-order valence-corrected chi connectivity index (χ1v) is 6.42. The number of ether oxygens (including phenoxy) is 1. The lowest BCUT2D eigenvalue weighted by Crippen LogP contribution is -2.32. The monoisotopic (exact) mass is 213 g/mol. The van der Waals surface area contributed by atoms with Crippen LogP contribution in [0.25, 0.3) is 0 Å². The molecule has 0 radical (unpaired) electrons. The Kier molecular flexibility index (Phi) is 5.62. The summed E-state index contributed by atoms with van der Waals surface area (Å²) in [7, 11) is 1.79. The summed E-state index contributed by atoms with van der Waals surface area (Å²) in [6.07, 6.45) is 7.89. The largest absolute Gasteiger partial charge is 0.385 e. The predicted octanol–water partition coefficient (Wildman–Crippen LogP) is 2.97. The second-order valence-electron chi connectivity index (χ2n) is 5.27. The van der Waals surface area contributed by atoms with E-state index in [1.165, 1.54) is 45.1 Å². The van der Waals surface area contributed by atoms with Gasteiger partial charge in [-0.3, -0.25) is 0 Å². The molecule has 2 heteroatoms. The van der Waals surface area contributed by atoms with Crippen LogP contribution in [-0.4, -0.2) is 26.3 Å². The van der Waals surface area contributed by atoms with Gasteiger partial charge in [0.2, 0.25) is 0 Å². The minimum atomic E-state index is 0.496. The van der Waals surface area contributed by atoms with Gasteiger partial charge in [-0.05, 0) is 37.5 Å². The molecule has 2 nitrogen and oxygen atoms in total. The van der Waals surface area contributed by atoms with Crippen molar-refractivity contribution in [3.63, 3.8) is 0 Å². The van der Waals surface area contributed by atoms with Crippen molar-refractivity contribution < 1.29 is 4.74 Å². The summed E-state index contributed by atoms with van der Waals surface area (Å²) in [6, 6.07) is 0.842. The van der Waals surface area contributed by atoms with Crippen molar-refractivity contribution in [3.05, 3.63) is 0 Å². The molecule has 1 fully saturated rings. The van der Waals surface area contributed by atoms with Crippen molar-refractivity contribution in [2.45, 2.75) is 58.4 Å². The summed E-state index contributed by atoms with van der Waals surface area (Å²) < 4.78 is 5.08. The van der Waals surface area contributed by atoms with Gasteiger partial charge in [0.05, 0.1) is 0 Å². The lowest BCUT2D eigenvalue weighted by molar-refractivity contribution is 0.181. The fourth-order valence-electron chi connectivity index (χ4n) is 1.87. The van der Waals surface area contributed by atoms with Crippen LogP contribution < -0.4 is 5.32 Å². The number of nitrogens with one attached hydrogen (secondary N) is 1. The van der Waals surface area contributed by atoms with Crippen LogP contribution in [0.4, 0.5) is 0 Å². The minimum absolute atomic E-state index is 0.496. The molecule has 0 saturated heterocycles. The van der Waals surface area contributed by atoms with Gasteiger partial charge in [-0.25, -0.2) is 0 Å². The Labute approximate surface area is 94.8 Å². The maximum Gasteiger partial charge on any atom is 0.0462 e. The van der Waals surface area contributed by atoms with Gasteiger partial charge in [0, 0.05) is 26.3 Å². The van der Waals surface area contributed by atoms with E-state index in [0.29, 0.717) is 5.41 Å². The van der Waals surface area contributed by atoms with Crippen LogP contribution in [0.2, 0.25) is 0 Å². The van der Waals surface area contributed by atoms with Crippen molar-refractivity contribution in [3.8, 4) is 0 Å². The summed E-state index contributed by atoms with van der Waals surface area (Å²) in [4.78, 5) is 0. The normalized spacial score (nSPS) is 20.2. The Morgan fingerprint density at radius 2 is 2.07 bits per heavy atom. The molecule has 0 aliphatic heterocycles. The molecule has 0 aromatic heterocycles. The van der Waals surface area contributed by atoms with E-state index in [9.17, 15) is 0 Å². The zero-order valence-electron chi connectivity index (χ0n) is 10.6.